The summed E-state index contributed by atoms with van der Waals surface area (Å²) in [6.07, 6.45) is 5.58. The molecule has 0 spiro atoms. The van der Waals surface area contributed by atoms with Crippen molar-refractivity contribution in [3.05, 3.63) is 98.3 Å². The van der Waals surface area contributed by atoms with Gasteiger partial charge in [0, 0.05) is 4.90 Å². The number of nitrogens with zero attached hydrogens (tertiary/aromatic N) is 2. The van der Waals surface area contributed by atoms with Gasteiger partial charge >= 0.3 is 5.97 Å². The molecule has 1 unspecified atom stereocenters. The summed E-state index contributed by atoms with van der Waals surface area (Å²) in [5.41, 5.74) is 2.44. The summed E-state index contributed by atoms with van der Waals surface area (Å²) in [6.45, 7) is 7.92. The van der Waals surface area contributed by atoms with Crippen molar-refractivity contribution in [3.8, 4) is 5.75 Å². The lowest BCUT2D eigenvalue weighted by atomic mass is 9.96. The van der Waals surface area contributed by atoms with E-state index in [9.17, 15) is 9.59 Å². The van der Waals surface area contributed by atoms with Gasteiger partial charge < -0.3 is 9.47 Å². The van der Waals surface area contributed by atoms with Crippen molar-refractivity contribution >= 4 is 80.3 Å². The van der Waals surface area contributed by atoms with E-state index >= 15 is 0 Å². The topological polar surface area (TPSA) is 69.9 Å². The van der Waals surface area contributed by atoms with Crippen molar-refractivity contribution in [2.75, 3.05) is 19.5 Å². The third-order valence-electron chi connectivity index (χ3n) is 5.61. The fourth-order valence-electron chi connectivity index (χ4n) is 3.99. The molecular weight excluding hydrogens is 734 g/mol. The lowest BCUT2D eigenvalue weighted by Crippen LogP contribution is -2.39. The first kappa shape index (κ1) is 28.1. The van der Waals surface area contributed by atoms with Gasteiger partial charge in [-0.3, -0.25) is 9.36 Å². The fourth-order valence-corrected chi connectivity index (χ4v) is 7.57. The molecule has 1 atom stereocenters. The minimum Gasteiger partial charge on any atom is -0.487 e. The molecule has 6 nitrogen and oxygen atoms in total. The zero-order chi connectivity index (χ0) is 26.7. The Morgan fingerprint density at radius 1 is 1.24 bits per heavy atom. The Hall–Kier alpha value is -1.90. The third-order valence-corrected chi connectivity index (χ3v) is 8.94. The molecule has 192 valence electrons. The first-order valence-electron chi connectivity index (χ1n) is 11.3. The summed E-state index contributed by atoms with van der Waals surface area (Å²) >= 11 is 7.41. The smallest absolute Gasteiger partial charge is 0.338 e. The second-order valence-corrected chi connectivity index (χ2v) is 12.2. The van der Waals surface area contributed by atoms with Gasteiger partial charge in [0.05, 0.1) is 35.6 Å². The van der Waals surface area contributed by atoms with E-state index in [2.05, 4.69) is 56.8 Å². The first-order chi connectivity index (χ1) is 17.8. The molecule has 0 radical (unpaired) electrons. The lowest BCUT2D eigenvalue weighted by Gasteiger charge is -2.24. The monoisotopic (exact) mass is 758 g/mol. The van der Waals surface area contributed by atoms with Crippen LogP contribution in [-0.4, -0.2) is 30.0 Å². The number of benzene rings is 2. The van der Waals surface area contributed by atoms with E-state index in [4.69, 9.17) is 9.47 Å². The van der Waals surface area contributed by atoms with Gasteiger partial charge in [0.25, 0.3) is 5.56 Å². The standard InChI is InChI=1S/C27H24I2N2O4S2/c1-5-11-35-24-19(28)12-16(13-20(24)29)14-21-25(32)31-23(17-7-9-18(36-4)10-8-17)22(26(33)34-6-2)15(3)30-27(31)37-21/h5,7-10,12-14,23H,1,6,11H2,2-4H3/b21-14-. The van der Waals surface area contributed by atoms with Gasteiger partial charge in [0.1, 0.15) is 12.4 Å². The molecule has 0 bridgehead atoms. The van der Waals surface area contributed by atoms with Gasteiger partial charge in [-0.1, -0.05) is 36.1 Å². The first-order valence-corrected chi connectivity index (χ1v) is 15.5. The molecule has 2 aromatic carbocycles. The predicted molar refractivity (Wildman–Crippen MR) is 166 cm³/mol. The average molecular weight is 758 g/mol. The van der Waals surface area contributed by atoms with Crippen molar-refractivity contribution in [3.63, 3.8) is 0 Å². The van der Waals surface area contributed by atoms with E-state index in [-0.39, 0.29) is 12.2 Å². The van der Waals surface area contributed by atoms with Crippen LogP contribution in [0.2, 0.25) is 0 Å². The summed E-state index contributed by atoms with van der Waals surface area (Å²) in [4.78, 5) is 33.1. The molecule has 0 saturated carbocycles. The van der Waals surface area contributed by atoms with Crippen LogP contribution in [0.4, 0.5) is 0 Å². The number of thioether (sulfide) groups is 1. The lowest BCUT2D eigenvalue weighted by molar-refractivity contribution is -0.139. The highest BCUT2D eigenvalue weighted by atomic mass is 127. The van der Waals surface area contributed by atoms with Crippen LogP contribution in [0.5, 0.6) is 5.75 Å². The van der Waals surface area contributed by atoms with Gasteiger partial charge in [-0.25, -0.2) is 9.79 Å². The highest BCUT2D eigenvalue weighted by Gasteiger charge is 2.33. The van der Waals surface area contributed by atoms with Crippen LogP contribution in [-0.2, 0) is 9.53 Å². The zero-order valence-electron chi connectivity index (χ0n) is 20.4. The number of fused-ring (bicyclic) bond motifs is 1. The van der Waals surface area contributed by atoms with E-state index < -0.39 is 12.0 Å². The maximum absolute atomic E-state index is 13.8. The van der Waals surface area contributed by atoms with Crippen LogP contribution in [0.1, 0.15) is 31.0 Å². The molecule has 37 heavy (non-hydrogen) atoms. The summed E-state index contributed by atoms with van der Waals surface area (Å²) in [7, 11) is 0. The molecule has 1 aliphatic rings. The molecule has 1 aromatic heterocycles. The normalized spacial score (nSPS) is 15.3. The average Bonchev–Trinajstić information content (AvgIpc) is 3.17. The van der Waals surface area contributed by atoms with E-state index in [1.807, 2.05) is 48.7 Å². The number of aromatic nitrogens is 1. The number of thiazole rings is 1. The number of carbonyl (C=O) groups is 1. The van der Waals surface area contributed by atoms with E-state index in [1.54, 1.807) is 36.3 Å². The second-order valence-electron chi connectivity index (χ2n) is 7.99. The van der Waals surface area contributed by atoms with Crippen molar-refractivity contribution in [2.45, 2.75) is 24.8 Å². The van der Waals surface area contributed by atoms with Gasteiger partial charge in [-0.2, -0.15) is 0 Å². The number of ether oxygens (including phenoxy) is 2. The molecule has 0 aliphatic carbocycles. The van der Waals surface area contributed by atoms with Crippen LogP contribution >= 0.6 is 68.3 Å². The van der Waals surface area contributed by atoms with Crippen LogP contribution in [0.15, 0.2) is 75.0 Å². The van der Waals surface area contributed by atoms with Crippen LogP contribution < -0.4 is 19.6 Å². The predicted octanol–water partition coefficient (Wildman–Crippen LogP) is 5.29. The number of halogens is 2. The Labute approximate surface area is 250 Å². The van der Waals surface area contributed by atoms with Gasteiger partial charge in [0.15, 0.2) is 4.80 Å². The fraction of sp³-hybridized carbons (Fsp3) is 0.222. The van der Waals surface area contributed by atoms with Crippen molar-refractivity contribution in [1.29, 1.82) is 0 Å². The molecular formula is C27H24I2N2O4S2. The molecule has 10 heteroatoms. The molecule has 3 aromatic rings. The summed E-state index contributed by atoms with van der Waals surface area (Å²) < 4.78 is 15.2. The molecule has 0 N–H and O–H groups in total. The number of allylic oxidation sites excluding steroid dienone is 1. The largest absolute Gasteiger partial charge is 0.487 e. The Morgan fingerprint density at radius 2 is 1.92 bits per heavy atom. The summed E-state index contributed by atoms with van der Waals surface area (Å²) in [5, 5.41) is 0. The van der Waals surface area contributed by atoms with E-state index in [1.165, 1.54) is 11.3 Å². The minimum atomic E-state index is -0.622. The zero-order valence-corrected chi connectivity index (χ0v) is 26.4. The van der Waals surface area contributed by atoms with Gasteiger partial charge in [0.2, 0.25) is 0 Å². The third kappa shape index (κ3) is 5.91. The Morgan fingerprint density at radius 3 is 2.51 bits per heavy atom. The van der Waals surface area contributed by atoms with Crippen LogP contribution in [0.3, 0.4) is 0 Å². The molecule has 0 fully saturated rings. The number of esters is 1. The highest BCUT2D eigenvalue weighted by Crippen LogP contribution is 2.32. The van der Waals surface area contributed by atoms with E-state index in [0.29, 0.717) is 27.2 Å². The summed E-state index contributed by atoms with van der Waals surface area (Å²) in [5.74, 6) is 0.333. The Bertz CT molecular complexity index is 1550. The molecule has 2 heterocycles. The Balaban J connectivity index is 1.88. The molecule has 0 saturated heterocycles. The number of carbonyl (C=O) groups excluding carboxylic acids is 1. The highest BCUT2D eigenvalue weighted by molar-refractivity contribution is 14.1. The molecule has 0 amide bonds. The van der Waals surface area contributed by atoms with Gasteiger partial charge in [-0.15, -0.1) is 11.8 Å². The molecule has 1 aliphatic heterocycles. The SMILES string of the molecule is C=CCOc1c(I)cc(/C=c2\sc3n(c2=O)C(c2ccc(SC)cc2)C(C(=O)OCC)=C(C)N=3)cc1I. The summed E-state index contributed by atoms with van der Waals surface area (Å²) in [6, 6.07) is 11.2. The minimum absolute atomic E-state index is 0.200. The van der Waals surface area contributed by atoms with Crippen LogP contribution in [0.25, 0.3) is 6.08 Å². The van der Waals surface area contributed by atoms with Crippen molar-refractivity contribution in [1.82, 2.24) is 4.57 Å². The van der Waals surface area contributed by atoms with Crippen molar-refractivity contribution in [2.24, 2.45) is 4.99 Å². The maximum Gasteiger partial charge on any atom is 0.338 e. The molecule has 4 rings (SSSR count). The van der Waals surface area contributed by atoms with E-state index in [0.717, 1.165) is 28.9 Å². The Kier molecular flexibility index (Phi) is 9.35. The second kappa shape index (κ2) is 12.3. The maximum atomic E-state index is 13.8. The number of rotatable bonds is 8. The van der Waals surface area contributed by atoms with Crippen LogP contribution in [0, 0.1) is 7.14 Å². The number of hydrogen-bond acceptors (Lipinski definition) is 7. The number of hydrogen-bond donors (Lipinski definition) is 0. The quantitative estimate of drug-likeness (QED) is 0.135. The van der Waals surface area contributed by atoms with Gasteiger partial charge in [-0.05, 0) is 107 Å². The van der Waals surface area contributed by atoms with Crippen molar-refractivity contribution < 1.29 is 14.3 Å².